The van der Waals surface area contributed by atoms with Gasteiger partial charge in [-0.15, -0.1) is 0 Å². The molecule has 0 aromatic heterocycles. The van der Waals surface area contributed by atoms with E-state index in [2.05, 4.69) is 5.32 Å². The van der Waals surface area contributed by atoms with Crippen molar-refractivity contribution in [2.24, 2.45) is 0 Å². The highest BCUT2D eigenvalue weighted by Crippen LogP contribution is 2.18. The first kappa shape index (κ1) is 14.7. The van der Waals surface area contributed by atoms with Crippen molar-refractivity contribution in [3.63, 3.8) is 0 Å². The minimum Gasteiger partial charge on any atom is -0.351 e. The predicted octanol–water partition coefficient (Wildman–Crippen LogP) is 3.13. The monoisotopic (exact) mass is 284 g/mol. The summed E-state index contributed by atoms with van der Waals surface area (Å²) in [5.74, 6) is -0.0390. The van der Waals surface area contributed by atoms with Crippen LogP contribution in [-0.4, -0.2) is 17.4 Å². The summed E-state index contributed by atoms with van der Waals surface area (Å²) in [4.78, 5) is 22.1. The van der Waals surface area contributed by atoms with Crippen molar-refractivity contribution >= 4 is 11.6 Å². The lowest BCUT2D eigenvalue weighted by Gasteiger charge is -2.13. The maximum atomic E-state index is 11.9. The summed E-state index contributed by atoms with van der Waals surface area (Å²) >= 11 is 0. The van der Waals surface area contributed by atoms with E-state index >= 15 is 0 Å². The van der Waals surface area contributed by atoms with Crippen LogP contribution in [0.3, 0.4) is 0 Å². The second-order valence-electron chi connectivity index (χ2n) is 4.83. The first-order valence-electron chi connectivity index (χ1n) is 6.65. The molecule has 2 aromatic carbocycles. The zero-order valence-electron chi connectivity index (χ0n) is 11.7. The van der Waals surface area contributed by atoms with Crippen LogP contribution in [0, 0.1) is 10.1 Å². The molecule has 2 rings (SSSR count). The van der Waals surface area contributed by atoms with Crippen molar-refractivity contribution in [2.75, 3.05) is 6.54 Å². The second kappa shape index (κ2) is 6.65. The zero-order valence-corrected chi connectivity index (χ0v) is 11.7. The van der Waals surface area contributed by atoms with Crippen LogP contribution in [0.4, 0.5) is 5.69 Å². The van der Waals surface area contributed by atoms with Gasteiger partial charge in [-0.05, 0) is 23.6 Å². The highest BCUT2D eigenvalue weighted by atomic mass is 16.6. The van der Waals surface area contributed by atoms with E-state index in [9.17, 15) is 14.9 Å². The van der Waals surface area contributed by atoms with E-state index in [0.717, 1.165) is 5.56 Å². The Morgan fingerprint density at radius 1 is 1.14 bits per heavy atom. The van der Waals surface area contributed by atoms with Crippen LogP contribution in [0.2, 0.25) is 0 Å². The molecule has 1 amide bonds. The van der Waals surface area contributed by atoms with Gasteiger partial charge in [0.15, 0.2) is 0 Å². The average molecular weight is 284 g/mol. The van der Waals surface area contributed by atoms with E-state index in [0.29, 0.717) is 12.1 Å². The molecular formula is C16H16N2O3. The summed E-state index contributed by atoms with van der Waals surface area (Å²) < 4.78 is 0. The highest BCUT2D eigenvalue weighted by molar-refractivity contribution is 5.94. The molecule has 5 nitrogen and oxygen atoms in total. The number of carbonyl (C=O) groups excluding carboxylic acids is 1. The molecule has 0 saturated carbocycles. The molecule has 0 spiro atoms. The van der Waals surface area contributed by atoms with Gasteiger partial charge in [0.2, 0.25) is 0 Å². The van der Waals surface area contributed by atoms with Crippen molar-refractivity contribution in [1.82, 2.24) is 5.32 Å². The van der Waals surface area contributed by atoms with Crippen LogP contribution in [0.1, 0.15) is 28.8 Å². The number of amides is 1. The Hall–Kier alpha value is -2.69. The van der Waals surface area contributed by atoms with E-state index in [1.807, 2.05) is 25.1 Å². The maximum Gasteiger partial charge on any atom is 0.269 e. The quantitative estimate of drug-likeness (QED) is 0.677. The summed E-state index contributed by atoms with van der Waals surface area (Å²) in [5.41, 5.74) is 1.64. The van der Waals surface area contributed by atoms with E-state index in [1.54, 1.807) is 24.3 Å². The Kier molecular flexibility index (Phi) is 4.66. The van der Waals surface area contributed by atoms with Crippen molar-refractivity contribution in [3.05, 3.63) is 75.8 Å². The third kappa shape index (κ3) is 3.89. The van der Waals surface area contributed by atoms with Crippen molar-refractivity contribution in [3.8, 4) is 0 Å². The Labute approximate surface area is 122 Å². The Bertz CT molecular complexity index is 624. The summed E-state index contributed by atoms with van der Waals surface area (Å²) in [7, 11) is 0. The van der Waals surface area contributed by atoms with Gasteiger partial charge in [0, 0.05) is 24.2 Å². The summed E-state index contributed by atoms with van der Waals surface area (Å²) in [6.45, 7) is 2.44. The third-order valence-electron chi connectivity index (χ3n) is 3.28. The van der Waals surface area contributed by atoms with Crippen molar-refractivity contribution in [2.45, 2.75) is 12.8 Å². The van der Waals surface area contributed by atoms with Gasteiger partial charge in [0.1, 0.15) is 0 Å². The molecule has 0 aliphatic heterocycles. The predicted molar refractivity (Wildman–Crippen MR) is 80.3 cm³/mol. The molecule has 21 heavy (non-hydrogen) atoms. The van der Waals surface area contributed by atoms with Crippen LogP contribution >= 0.6 is 0 Å². The fraction of sp³-hybridized carbons (Fsp3) is 0.188. The normalized spacial score (nSPS) is 11.7. The summed E-state index contributed by atoms with van der Waals surface area (Å²) in [6.07, 6.45) is 0. The Morgan fingerprint density at radius 3 is 2.33 bits per heavy atom. The molecule has 0 aliphatic carbocycles. The van der Waals surface area contributed by atoms with Gasteiger partial charge in [-0.1, -0.05) is 37.3 Å². The first-order chi connectivity index (χ1) is 10.1. The number of nitrogens with zero attached hydrogens (tertiary/aromatic N) is 1. The third-order valence-corrected chi connectivity index (χ3v) is 3.28. The molecule has 0 aliphatic rings. The Morgan fingerprint density at radius 2 is 1.76 bits per heavy atom. The van der Waals surface area contributed by atoms with Crippen LogP contribution in [0.25, 0.3) is 0 Å². The van der Waals surface area contributed by atoms with Crippen molar-refractivity contribution < 1.29 is 9.72 Å². The zero-order chi connectivity index (χ0) is 15.2. The lowest BCUT2D eigenvalue weighted by Crippen LogP contribution is -2.27. The largest absolute Gasteiger partial charge is 0.351 e. The van der Waals surface area contributed by atoms with Gasteiger partial charge in [0.05, 0.1) is 4.92 Å². The molecule has 0 fully saturated rings. The fourth-order valence-corrected chi connectivity index (χ4v) is 1.98. The molecule has 1 N–H and O–H groups in total. The molecule has 1 atom stereocenters. The minimum atomic E-state index is -0.425. The molecule has 0 heterocycles. The second-order valence-corrected chi connectivity index (χ2v) is 4.83. The first-order valence-corrected chi connectivity index (χ1v) is 6.65. The van der Waals surface area contributed by atoms with Crippen LogP contribution in [-0.2, 0) is 0 Å². The van der Waals surface area contributed by atoms with E-state index < -0.39 is 4.92 Å². The average Bonchev–Trinajstić information content (AvgIpc) is 2.53. The molecule has 5 heteroatoms. The topological polar surface area (TPSA) is 72.2 Å². The molecule has 2 aromatic rings. The number of nitro groups is 1. The van der Waals surface area contributed by atoms with Gasteiger partial charge in [-0.2, -0.15) is 0 Å². The van der Waals surface area contributed by atoms with Crippen molar-refractivity contribution in [1.29, 1.82) is 0 Å². The number of non-ortho nitro benzene ring substituents is 1. The molecule has 108 valence electrons. The van der Waals surface area contributed by atoms with Gasteiger partial charge in [-0.3, -0.25) is 14.9 Å². The fourth-order valence-electron chi connectivity index (χ4n) is 1.98. The maximum absolute atomic E-state index is 11.9. The van der Waals surface area contributed by atoms with E-state index in [4.69, 9.17) is 0 Å². The van der Waals surface area contributed by atoms with Gasteiger partial charge in [-0.25, -0.2) is 0 Å². The Balaban J connectivity index is 1.94. The van der Waals surface area contributed by atoms with Crippen LogP contribution in [0.5, 0.6) is 0 Å². The number of rotatable bonds is 5. The van der Waals surface area contributed by atoms with Gasteiger partial charge >= 0.3 is 0 Å². The number of benzene rings is 2. The SMILES string of the molecule is CC(CNC(=O)c1ccccc1)c1ccc([N+](=O)[O-])cc1. The minimum absolute atomic E-state index is 0.0688. The lowest BCUT2D eigenvalue weighted by atomic mass is 10.0. The molecular weight excluding hydrogens is 268 g/mol. The number of nitro benzene ring substituents is 1. The summed E-state index contributed by atoms with van der Waals surface area (Å²) in [5, 5.41) is 13.5. The molecule has 0 radical (unpaired) electrons. The van der Waals surface area contributed by atoms with E-state index in [-0.39, 0.29) is 17.5 Å². The van der Waals surface area contributed by atoms with E-state index in [1.165, 1.54) is 12.1 Å². The number of carbonyl (C=O) groups is 1. The summed E-state index contributed by atoms with van der Waals surface area (Å²) in [6, 6.07) is 15.4. The molecule has 0 bridgehead atoms. The molecule has 1 unspecified atom stereocenters. The standard InChI is InChI=1S/C16H16N2O3/c1-12(13-7-9-15(10-8-13)18(20)21)11-17-16(19)14-5-3-2-4-6-14/h2-10,12H,11H2,1H3,(H,17,19). The van der Waals surface area contributed by atoms with Gasteiger partial charge < -0.3 is 5.32 Å². The number of hydrogen-bond acceptors (Lipinski definition) is 3. The lowest BCUT2D eigenvalue weighted by molar-refractivity contribution is -0.384. The number of hydrogen-bond donors (Lipinski definition) is 1. The van der Waals surface area contributed by atoms with Gasteiger partial charge in [0.25, 0.3) is 11.6 Å². The highest BCUT2D eigenvalue weighted by Gasteiger charge is 2.11. The number of nitrogens with one attached hydrogen (secondary N) is 1. The molecule has 0 saturated heterocycles. The van der Waals surface area contributed by atoms with Crippen LogP contribution in [0.15, 0.2) is 54.6 Å². The van der Waals surface area contributed by atoms with Crippen LogP contribution < -0.4 is 5.32 Å². The smallest absolute Gasteiger partial charge is 0.269 e.